The highest BCUT2D eigenvalue weighted by Crippen LogP contribution is 2.12. The number of carbonyl (C=O) groups excluding carboxylic acids is 1. The smallest absolute Gasteiger partial charge is 0.331 e. The lowest BCUT2D eigenvalue weighted by atomic mass is 10.3. The number of carbonyl (C=O) groups is 1. The van der Waals surface area contributed by atoms with Crippen molar-refractivity contribution < 1.29 is 22.1 Å². The van der Waals surface area contributed by atoms with Crippen LogP contribution in [0.3, 0.4) is 0 Å². The van der Waals surface area contributed by atoms with Crippen LogP contribution in [0.5, 0.6) is 5.75 Å². The lowest BCUT2D eigenvalue weighted by Gasteiger charge is -2.02. The molecule has 0 fully saturated rings. The Labute approximate surface area is 105 Å². The van der Waals surface area contributed by atoms with E-state index in [2.05, 4.69) is 11.3 Å². The second-order valence-corrected chi connectivity index (χ2v) is 4.55. The first-order valence-electron chi connectivity index (χ1n) is 5.00. The first-order valence-corrected chi connectivity index (χ1v) is 6.47. The standard InChI is InChI=1S/C12H12O5S/c1-2-16-12(13)9-6-10-18(14,15)17-11-7-4-3-5-8-11/h2-8,10H,1,9H2. The molecule has 0 bridgehead atoms. The van der Waals surface area contributed by atoms with Crippen molar-refractivity contribution in [2.24, 2.45) is 0 Å². The molecule has 0 amide bonds. The number of hydrogen-bond acceptors (Lipinski definition) is 5. The summed E-state index contributed by atoms with van der Waals surface area (Å²) < 4.78 is 32.1. The molecule has 6 heteroatoms. The number of para-hydroxylation sites is 1. The lowest BCUT2D eigenvalue weighted by molar-refractivity contribution is -0.136. The Morgan fingerprint density at radius 2 is 1.94 bits per heavy atom. The van der Waals surface area contributed by atoms with Gasteiger partial charge < -0.3 is 8.92 Å². The summed E-state index contributed by atoms with van der Waals surface area (Å²) in [5.74, 6) is -0.396. The molecule has 0 unspecified atom stereocenters. The van der Waals surface area contributed by atoms with E-state index in [1.165, 1.54) is 12.1 Å². The predicted octanol–water partition coefficient (Wildman–Crippen LogP) is 1.99. The fourth-order valence-corrected chi connectivity index (χ4v) is 1.81. The number of ether oxygens (including phenoxy) is 1. The van der Waals surface area contributed by atoms with Gasteiger partial charge in [-0.1, -0.05) is 30.9 Å². The van der Waals surface area contributed by atoms with Crippen LogP contribution in [0.15, 0.2) is 54.7 Å². The van der Waals surface area contributed by atoms with Crippen molar-refractivity contribution in [2.45, 2.75) is 6.42 Å². The molecule has 1 aromatic rings. The Morgan fingerprint density at radius 3 is 2.56 bits per heavy atom. The maximum absolute atomic E-state index is 11.5. The summed E-state index contributed by atoms with van der Waals surface area (Å²) in [5.41, 5.74) is 0. The number of rotatable bonds is 6. The minimum absolute atomic E-state index is 0.177. The van der Waals surface area contributed by atoms with Gasteiger partial charge >= 0.3 is 16.1 Å². The van der Waals surface area contributed by atoms with Crippen LogP contribution in [-0.2, 0) is 19.6 Å². The maximum atomic E-state index is 11.5. The molecule has 0 N–H and O–H groups in total. The fourth-order valence-electron chi connectivity index (χ4n) is 1.04. The van der Waals surface area contributed by atoms with Crippen LogP contribution in [0, 0.1) is 0 Å². The molecule has 0 aliphatic heterocycles. The molecule has 96 valence electrons. The van der Waals surface area contributed by atoms with Crippen LogP contribution >= 0.6 is 0 Å². The van der Waals surface area contributed by atoms with E-state index in [0.29, 0.717) is 0 Å². The summed E-state index contributed by atoms with van der Waals surface area (Å²) in [5, 5.41) is 0.810. The van der Waals surface area contributed by atoms with Gasteiger partial charge in [0, 0.05) is 0 Å². The normalized spacial score (nSPS) is 11.1. The highest BCUT2D eigenvalue weighted by molar-refractivity contribution is 7.90. The third-order valence-electron chi connectivity index (χ3n) is 1.72. The Bertz CT molecular complexity index is 531. The van der Waals surface area contributed by atoms with Crippen molar-refractivity contribution >= 4 is 16.1 Å². The Hall–Kier alpha value is -2.08. The lowest BCUT2D eigenvalue weighted by Crippen LogP contribution is -2.05. The van der Waals surface area contributed by atoms with Gasteiger partial charge in [0.1, 0.15) is 5.75 Å². The summed E-state index contributed by atoms with van der Waals surface area (Å²) in [6.45, 7) is 3.20. The van der Waals surface area contributed by atoms with Crippen LogP contribution < -0.4 is 4.18 Å². The Kier molecular flexibility index (Phi) is 5.13. The van der Waals surface area contributed by atoms with E-state index >= 15 is 0 Å². The Balaban J connectivity index is 2.57. The molecule has 0 spiro atoms. The number of benzene rings is 1. The van der Waals surface area contributed by atoms with E-state index in [4.69, 9.17) is 4.18 Å². The van der Waals surface area contributed by atoms with Gasteiger partial charge in [-0.2, -0.15) is 8.42 Å². The summed E-state index contributed by atoms with van der Waals surface area (Å²) in [7, 11) is -3.86. The van der Waals surface area contributed by atoms with Crippen molar-refractivity contribution in [1.29, 1.82) is 0 Å². The average Bonchev–Trinajstić information content (AvgIpc) is 2.29. The highest BCUT2D eigenvalue weighted by Gasteiger charge is 2.07. The van der Waals surface area contributed by atoms with Crippen molar-refractivity contribution in [3.05, 3.63) is 54.7 Å². The Morgan fingerprint density at radius 1 is 1.28 bits per heavy atom. The summed E-state index contributed by atoms with van der Waals surface area (Å²) in [6.07, 6.45) is 1.94. The van der Waals surface area contributed by atoms with Crippen LogP contribution in [0.2, 0.25) is 0 Å². The molecule has 0 aliphatic rings. The first kappa shape index (κ1) is 14.0. The van der Waals surface area contributed by atoms with Crippen molar-refractivity contribution in [1.82, 2.24) is 0 Å². The SMILES string of the molecule is C=COC(=O)CC=CS(=O)(=O)Oc1ccccc1. The van der Waals surface area contributed by atoms with E-state index in [0.717, 1.165) is 17.7 Å². The zero-order valence-electron chi connectivity index (χ0n) is 9.48. The number of hydrogen-bond donors (Lipinski definition) is 0. The van der Waals surface area contributed by atoms with Gasteiger partial charge in [0.15, 0.2) is 0 Å². The van der Waals surface area contributed by atoms with E-state index < -0.39 is 16.1 Å². The van der Waals surface area contributed by atoms with E-state index in [9.17, 15) is 13.2 Å². The largest absolute Gasteiger partial charge is 0.435 e. The monoisotopic (exact) mass is 268 g/mol. The van der Waals surface area contributed by atoms with Gasteiger partial charge in [-0.05, 0) is 12.1 Å². The van der Waals surface area contributed by atoms with E-state index in [-0.39, 0.29) is 12.2 Å². The second-order valence-electron chi connectivity index (χ2n) is 3.12. The molecule has 0 atom stereocenters. The van der Waals surface area contributed by atoms with Gasteiger partial charge in [0.25, 0.3) is 0 Å². The van der Waals surface area contributed by atoms with Gasteiger partial charge in [0.2, 0.25) is 0 Å². The molecule has 0 saturated heterocycles. The summed E-state index contributed by atoms with van der Waals surface area (Å²) >= 11 is 0. The van der Waals surface area contributed by atoms with Crippen molar-refractivity contribution in [3.63, 3.8) is 0 Å². The summed E-state index contributed by atoms with van der Waals surface area (Å²) in [4.78, 5) is 10.9. The van der Waals surface area contributed by atoms with E-state index in [1.54, 1.807) is 18.2 Å². The van der Waals surface area contributed by atoms with Gasteiger partial charge in [-0.15, -0.1) is 0 Å². The van der Waals surface area contributed by atoms with E-state index in [1.807, 2.05) is 0 Å². The van der Waals surface area contributed by atoms with Crippen LogP contribution in [-0.4, -0.2) is 14.4 Å². The van der Waals surface area contributed by atoms with Crippen LogP contribution in [0.1, 0.15) is 6.42 Å². The molecule has 0 aromatic heterocycles. The third kappa shape index (κ3) is 5.31. The topological polar surface area (TPSA) is 69.7 Å². The van der Waals surface area contributed by atoms with Gasteiger partial charge in [-0.3, -0.25) is 4.79 Å². The molecular weight excluding hydrogens is 256 g/mol. The van der Waals surface area contributed by atoms with Crippen molar-refractivity contribution in [2.75, 3.05) is 0 Å². The zero-order chi connectivity index (χ0) is 13.4. The highest BCUT2D eigenvalue weighted by atomic mass is 32.2. The van der Waals surface area contributed by atoms with Crippen LogP contribution in [0.4, 0.5) is 0 Å². The molecule has 0 heterocycles. The molecule has 1 rings (SSSR count). The zero-order valence-corrected chi connectivity index (χ0v) is 10.3. The number of esters is 1. The molecular formula is C12H12O5S. The quantitative estimate of drug-likeness (QED) is 0.448. The van der Waals surface area contributed by atoms with Crippen molar-refractivity contribution in [3.8, 4) is 5.75 Å². The molecule has 1 aromatic carbocycles. The van der Waals surface area contributed by atoms with Gasteiger partial charge in [0.05, 0.1) is 18.1 Å². The minimum Gasteiger partial charge on any atom is -0.435 e. The predicted molar refractivity (Wildman–Crippen MR) is 66.0 cm³/mol. The van der Waals surface area contributed by atoms with Gasteiger partial charge in [-0.25, -0.2) is 0 Å². The third-order valence-corrected chi connectivity index (χ3v) is 2.67. The molecule has 5 nitrogen and oxygen atoms in total. The maximum Gasteiger partial charge on any atom is 0.331 e. The van der Waals surface area contributed by atoms with Crippen LogP contribution in [0.25, 0.3) is 0 Å². The molecule has 0 saturated carbocycles. The molecule has 0 aliphatic carbocycles. The average molecular weight is 268 g/mol. The fraction of sp³-hybridized carbons (Fsp3) is 0.0833. The first-order chi connectivity index (χ1) is 8.53. The minimum atomic E-state index is -3.86. The summed E-state index contributed by atoms with van der Waals surface area (Å²) in [6, 6.07) is 8.06. The molecule has 18 heavy (non-hydrogen) atoms. The molecule has 0 radical (unpaired) electrons. The second kappa shape index (κ2) is 6.61.